The number of rotatable bonds is 7. The van der Waals surface area contributed by atoms with Crippen LogP contribution in [0.3, 0.4) is 0 Å². The van der Waals surface area contributed by atoms with E-state index < -0.39 is 6.17 Å². The number of carbonyl (C=O) groups excluding carboxylic acids is 1. The number of nitrogens with one attached hydrogen (secondary N) is 4. The van der Waals surface area contributed by atoms with Gasteiger partial charge in [-0.25, -0.2) is 10.9 Å². The van der Waals surface area contributed by atoms with Crippen molar-refractivity contribution in [3.8, 4) is 0 Å². The van der Waals surface area contributed by atoms with Gasteiger partial charge in [0.25, 0.3) is 0 Å². The molecule has 0 unspecified atom stereocenters. The van der Waals surface area contributed by atoms with E-state index in [4.69, 9.17) is 0 Å². The van der Waals surface area contributed by atoms with E-state index in [1.807, 2.05) is 60.7 Å². The van der Waals surface area contributed by atoms with Gasteiger partial charge in [-0.15, -0.1) is 0 Å². The van der Waals surface area contributed by atoms with Crippen LogP contribution in [0.5, 0.6) is 0 Å². The average Bonchev–Trinajstić information content (AvgIpc) is 2.49. The third-order valence-corrected chi connectivity index (χ3v) is 2.68. The van der Waals surface area contributed by atoms with Crippen molar-refractivity contribution in [2.75, 3.05) is 10.9 Å². The Hall–Kier alpha value is -2.37. The fraction of sp³-hybridized carbons (Fsp3) is 0.133. The molecule has 0 radical (unpaired) electrons. The zero-order chi connectivity index (χ0) is 14.2. The van der Waals surface area contributed by atoms with Crippen LogP contribution in [-0.4, -0.2) is 11.9 Å². The van der Waals surface area contributed by atoms with Gasteiger partial charge in [-0.05, 0) is 31.2 Å². The molecule has 5 nitrogen and oxygen atoms in total. The van der Waals surface area contributed by atoms with Gasteiger partial charge in [0.15, 0.2) is 11.9 Å². The lowest BCUT2D eigenvalue weighted by Gasteiger charge is -2.20. The Morgan fingerprint density at radius 2 is 1.20 bits per heavy atom. The molecule has 0 bridgehead atoms. The number of para-hydroxylation sites is 2. The minimum atomic E-state index is -0.546. The van der Waals surface area contributed by atoms with Crippen molar-refractivity contribution in [1.82, 2.24) is 10.9 Å². The van der Waals surface area contributed by atoms with E-state index in [1.54, 1.807) is 0 Å². The molecule has 0 saturated heterocycles. The lowest BCUT2D eigenvalue weighted by Crippen LogP contribution is -2.51. The highest BCUT2D eigenvalue weighted by Gasteiger charge is 2.12. The van der Waals surface area contributed by atoms with Gasteiger partial charge in [-0.3, -0.25) is 4.79 Å². The standard InChI is InChI=1S/C15H18N4O/c1-12(20)15(18-16-13-8-4-2-5-9-13)19-17-14-10-6-3-7-11-14/h2-11,15-19H,1H3. The second-order valence-electron chi connectivity index (χ2n) is 4.31. The summed E-state index contributed by atoms with van der Waals surface area (Å²) in [6, 6.07) is 19.2. The fourth-order valence-electron chi connectivity index (χ4n) is 1.59. The van der Waals surface area contributed by atoms with E-state index >= 15 is 0 Å². The van der Waals surface area contributed by atoms with Crippen molar-refractivity contribution in [1.29, 1.82) is 0 Å². The first-order chi connectivity index (χ1) is 9.75. The molecule has 0 aliphatic rings. The highest BCUT2D eigenvalue weighted by Crippen LogP contribution is 2.04. The van der Waals surface area contributed by atoms with Crippen LogP contribution in [0.4, 0.5) is 11.4 Å². The van der Waals surface area contributed by atoms with Crippen molar-refractivity contribution in [2.45, 2.75) is 13.1 Å². The van der Waals surface area contributed by atoms with E-state index in [0.29, 0.717) is 0 Å². The Morgan fingerprint density at radius 1 is 0.800 bits per heavy atom. The molecule has 5 heteroatoms. The summed E-state index contributed by atoms with van der Waals surface area (Å²) in [7, 11) is 0. The number of benzene rings is 2. The van der Waals surface area contributed by atoms with Crippen LogP contribution in [0, 0.1) is 0 Å². The number of hydrazine groups is 2. The normalized spacial score (nSPS) is 10.3. The predicted octanol–water partition coefficient (Wildman–Crippen LogP) is 2.13. The molecule has 2 rings (SSSR count). The van der Waals surface area contributed by atoms with E-state index in [1.165, 1.54) is 6.92 Å². The third-order valence-electron chi connectivity index (χ3n) is 2.68. The highest BCUT2D eigenvalue weighted by atomic mass is 16.1. The van der Waals surface area contributed by atoms with Gasteiger partial charge in [0.2, 0.25) is 0 Å². The zero-order valence-corrected chi connectivity index (χ0v) is 11.3. The van der Waals surface area contributed by atoms with Gasteiger partial charge < -0.3 is 10.9 Å². The van der Waals surface area contributed by atoms with Gasteiger partial charge in [-0.2, -0.15) is 0 Å². The van der Waals surface area contributed by atoms with Gasteiger partial charge >= 0.3 is 0 Å². The minimum Gasteiger partial charge on any atom is -0.320 e. The second-order valence-corrected chi connectivity index (χ2v) is 4.31. The Bertz CT molecular complexity index is 487. The Labute approximate surface area is 118 Å². The minimum absolute atomic E-state index is 0.0307. The first-order valence-electron chi connectivity index (χ1n) is 6.39. The molecule has 0 atom stereocenters. The Kier molecular flexibility index (Phi) is 5.11. The molecule has 104 valence electrons. The maximum Gasteiger partial charge on any atom is 0.164 e. The van der Waals surface area contributed by atoms with Crippen molar-refractivity contribution < 1.29 is 4.79 Å². The van der Waals surface area contributed by atoms with Crippen molar-refractivity contribution in [3.05, 3.63) is 60.7 Å². The number of hydrogen-bond acceptors (Lipinski definition) is 5. The topological polar surface area (TPSA) is 65.2 Å². The summed E-state index contributed by atoms with van der Waals surface area (Å²) >= 11 is 0. The highest BCUT2D eigenvalue weighted by molar-refractivity contribution is 5.81. The van der Waals surface area contributed by atoms with Gasteiger partial charge in [0, 0.05) is 11.4 Å². The third kappa shape index (κ3) is 4.38. The maximum atomic E-state index is 11.6. The van der Waals surface area contributed by atoms with Crippen molar-refractivity contribution in [2.24, 2.45) is 0 Å². The van der Waals surface area contributed by atoms with Crippen LogP contribution in [0.2, 0.25) is 0 Å². The summed E-state index contributed by atoms with van der Waals surface area (Å²) in [6.07, 6.45) is -0.546. The summed E-state index contributed by atoms with van der Waals surface area (Å²) < 4.78 is 0. The largest absolute Gasteiger partial charge is 0.320 e. The molecule has 0 aromatic heterocycles. The van der Waals surface area contributed by atoms with Crippen molar-refractivity contribution in [3.63, 3.8) is 0 Å². The lowest BCUT2D eigenvalue weighted by molar-refractivity contribution is -0.119. The van der Waals surface area contributed by atoms with Crippen LogP contribution >= 0.6 is 0 Å². The molecule has 2 aromatic rings. The molecular formula is C15H18N4O. The van der Waals surface area contributed by atoms with E-state index in [9.17, 15) is 4.79 Å². The summed E-state index contributed by atoms with van der Waals surface area (Å²) in [5, 5.41) is 0. The molecule has 0 aliphatic carbocycles. The van der Waals surface area contributed by atoms with Crippen LogP contribution in [0.25, 0.3) is 0 Å². The van der Waals surface area contributed by atoms with E-state index in [2.05, 4.69) is 21.7 Å². The number of carbonyl (C=O) groups is 1. The molecule has 0 spiro atoms. The monoisotopic (exact) mass is 270 g/mol. The first kappa shape index (κ1) is 14.0. The Balaban J connectivity index is 1.86. The molecule has 0 fully saturated rings. The maximum absolute atomic E-state index is 11.6. The van der Waals surface area contributed by atoms with Gasteiger partial charge in [0.1, 0.15) is 0 Å². The zero-order valence-electron chi connectivity index (χ0n) is 11.3. The summed E-state index contributed by atoms with van der Waals surface area (Å²) in [5.41, 5.74) is 13.6. The van der Waals surface area contributed by atoms with Crippen LogP contribution in [0.1, 0.15) is 6.92 Å². The fourth-order valence-corrected chi connectivity index (χ4v) is 1.59. The Morgan fingerprint density at radius 3 is 1.55 bits per heavy atom. The summed E-state index contributed by atoms with van der Waals surface area (Å²) in [5.74, 6) is -0.0307. The molecule has 4 N–H and O–H groups in total. The molecule has 0 aliphatic heterocycles. The van der Waals surface area contributed by atoms with Crippen LogP contribution in [0.15, 0.2) is 60.7 Å². The molecule has 20 heavy (non-hydrogen) atoms. The first-order valence-corrected chi connectivity index (χ1v) is 6.39. The second kappa shape index (κ2) is 7.28. The van der Waals surface area contributed by atoms with E-state index in [-0.39, 0.29) is 5.78 Å². The van der Waals surface area contributed by atoms with E-state index in [0.717, 1.165) is 11.4 Å². The summed E-state index contributed by atoms with van der Waals surface area (Å²) in [6.45, 7) is 1.52. The number of anilines is 2. The molecular weight excluding hydrogens is 252 g/mol. The predicted molar refractivity (Wildman–Crippen MR) is 80.9 cm³/mol. The van der Waals surface area contributed by atoms with Gasteiger partial charge in [-0.1, -0.05) is 36.4 Å². The molecule has 0 heterocycles. The lowest BCUT2D eigenvalue weighted by atomic mass is 10.3. The number of ketones is 1. The molecule has 2 aromatic carbocycles. The number of Topliss-reactive ketones (excluding diaryl/α,β-unsaturated/α-hetero) is 1. The average molecular weight is 270 g/mol. The summed E-state index contributed by atoms with van der Waals surface area (Å²) in [4.78, 5) is 11.6. The SMILES string of the molecule is CC(=O)C(NNc1ccccc1)NNc1ccccc1. The smallest absolute Gasteiger partial charge is 0.164 e. The van der Waals surface area contributed by atoms with Gasteiger partial charge in [0.05, 0.1) is 0 Å². The van der Waals surface area contributed by atoms with Crippen LogP contribution in [-0.2, 0) is 4.79 Å². The quantitative estimate of drug-likeness (QED) is 0.458. The molecule has 0 saturated carbocycles. The van der Waals surface area contributed by atoms with Crippen LogP contribution < -0.4 is 21.7 Å². The molecule has 0 amide bonds. The van der Waals surface area contributed by atoms with Crippen molar-refractivity contribution >= 4 is 17.2 Å². The number of hydrogen-bond donors (Lipinski definition) is 4.